The number of anilines is 1. The lowest BCUT2D eigenvalue weighted by Gasteiger charge is -2.30. The summed E-state index contributed by atoms with van der Waals surface area (Å²) in [5.41, 5.74) is 0.306. The summed E-state index contributed by atoms with van der Waals surface area (Å²) >= 11 is 0. The normalized spacial score (nSPS) is 16.5. The number of benzene rings is 1. The lowest BCUT2D eigenvalue weighted by molar-refractivity contribution is -0.143. The van der Waals surface area contributed by atoms with Crippen LogP contribution in [-0.4, -0.2) is 61.3 Å². The zero-order chi connectivity index (χ0) is 19.3. The Morgan fingerprint density at radius 3 is 2.46 bits per heavy atom. The summed E-state index contributed by atoms with van der Waals surface area (Å²) in [4.78, 5) is 48.6. The van der Waals surface area contributed by atoms with Gasteiger partial charge in [-0.25, -0.2) is 14.4 Å². The van der Waals surface area contributed by atoms with Crippen molar-refractivity contribution in [2.75, 3.05) is 32.6 Å². The maximum absolute atomic E-state index is 12.5. The number of hydrogen-bond donors (Lipinski definition) is 2. The molecule has 140 valence electrons. The van der Waals surface area contributed by atoms with E-state index in [4.69, 9.17) is 5.11 Å². The molecule has 2 rings (SSSR count). The number of carbonyl (C=O) groups is 4. The first-order valence-electron chi connectivity index (χ1n) is 7.96. The number of carboxylic acid groups (broad SMARTS) is 1. The third-order valence-electron chi connectivity index (χ3n) is 4.15. The fourth-order valence-corrected chi connectivity index (χ4v) is 2.74. The molecular weight excluding hydrogens is 344 g/mol. The molecule has 1 aromatic rings. The van der Waals surface area contributed by atoms with Crippen LogP contribution >= 0.6 is 0 Å². The van der Waals surface area contributed by atoms with Crippen LogP contribution in [-0.2, 0) is 14.3 Å². The molecule has 1 fully saturated rings. The molecule has 0 bridgehead atoms. The van der Waals surface area contributed by atoms with Gasteiger partial charge in [-0.15, -0.1) is 0 Å². The molecule has 0 saturated carbocycles. The van der Waals surface area contributed by atoms with Crippen molar-refractivity contribution in [1.29, 1.82) is 0 Å². The zero-order valence-corrected chi connectivity index (χ0v) is 14.5. The van der Waals surface area contributed by atoms with Crippen molar-refractivity contribution in [1.82, 2.24) is 4.90 Å². The maximum atomic E-state index is 12.5. The van der Waals surface area contributed by atoms with E-state index in [1.807, 2.05) is 0 Å². The fraction of sp³-hybridized carbons (Fsp3) is 0.412. The van der Waals surface area contributed by atoms with E-state index in [1.54, 1.807) is 0 Å². The van der Waals surface area contributed by atoms with Crippen LogP contribution in [0.4, 0.5) is 10.5 Å². The van der Waals surface area contributed by atoms with Crippen LogP contribution in [0.1, 0.15) is 33.6 Å². The molecule has 1 saturated heterocycles. The van der Waals surface area contributed by atoms with Gasteiger partial charge in [-0.3, -0.25) is 4.79 Å². The third kappa shape index (κ3) is 4.29. The number of hydrogen-bond acceptors (Lipinski definition) is 6. The Kier molecular flexibility index (Phi) is 6.16. The second-order valence-corrected chi connectivity index (χ2v) is 5.80. The second kappa shape index (κ2) is 8.32. The van der Waals surface area contributed by atoms with Crippen LogP contribution in [0.3, 0.4) is 0 Å². The molecule has 1 atom stereocenters. The van der Waals surface area contributed by atoms with Crippen LogP contribution in [0, 0.1) is 5.92 Å². The average Bonchev–Trinajstić information content (AvgIpc) is 2.66. The van der Waals surface area contributed by atoms with Crippen LogP contribution < -0.4 is 5.32 Å². The van der Waals surface area contributed by atoms with E-state index in [-0.39, 0.29) is 23.4 Å². The number of rotatable bonds is 4. The van der Waals surface area contributed by atoms with Crippen molar-refractivity contribution in [3.05, 3.63) is 29.3 Å². The largest absolute Gasteiger partial charge is 0.481 e. The summed E-state index contributed by atoms with van der Waals surface area (Å²) in [7, 11) is 2.42. The SMILES string of the molecule is COC(=O)c1ccc(C(=O)OC)c(NC(=O)N2CCCC(C(=O)O)C2)c1. The molecule has 9 nitrogen and oxygen atoms in total. The topological polar surface area (TPSA) is 122 Å². The van der Waals surface area contributed by atoms with Gasteiger partial charge in [0.1, 0.15) is 0 Å². The molecule has 2 N–H and O–H groups in total. The number of urea groups is 1. The van der Waals surface area contributed by atoms with E-state index < -0.39 is 29.9 Å². The Balaban J connectivity index is 2.25. The highest BCUT2D eigenvalue weighted by Crippen LogP contribution is 2.22. The monoisotopic (exact) mass is 364 g/mol. The number of amides is 2. The van der Waals surface area contributed by atoms with Crippen molar-refractivity contribution >= 4 is 29.6 Å². The molecular formula is C17H20N2O7. The Hall–Kier alpha value is -3.10. The summed E-state index contributed by atoms with van der Waals surface area (Å²) < 4.78 is 9.32. The zero-order valence-electron chi connectivity index (χ0n) is 14.5. The van der Waals surface area contributed by atoms with Crippen molar-refractivity contribution in [3.63, 3.8) is 0 Å². The minimum Gasteiger partial charge on any atom is -0.481 e. The lowest BCUT2D eigenvalue weighted by atomic mass is 9.99. The number of methoxy groups -OCH3 is 2. The summed E-state index contributed by atoms with van der Waals surface area (Å²) in [6.07, 6.45) is 1.07. The number of esters is 2. The van der Waals surface area contributed by atoms with Gasteiger partial charge in [0.05, 0.1) is 37.0 Å². The molecule has 1 aromatic carbocycles. The molecule has 1 aliphatic rings. The molecule has 1 heterocycles. The van der Waals surface area contributed by atoms with E-state index in [9.17, 15) is 19.2 Å². The fourth-order valence-electron chi connectivity index (χ4n) is 2.74. The average molecular weight is 364 g/mol. The van der Waals surface area contributed by atoms with Crippen LogP contribution in [0.25, 0.3) is 0 Å². The highest BCUT2D eigenvalue weighted by atomic mass is 16.5. The van der Waals surface area contributed by atoms with Gasteiger partial charge in [0.2, 0.25) is 0 Å². The van der Waals surface area contributed by atoms with Gasteiger partial charge < -0.3 is 24.8 Å². The number of nitrogens with zero attached hydrogens (tertiary/aromatic N) is 1. The van der Waals surface area contributed by atoms with E-state index in [1.165, 1.54) is 37.3 Å². The summed E-state index contributed by atoms with van der Waals surface area (Å²) in [5.74, 6) is -2.89. The quantitative estimate of drug-likeness (QED) is 0.778. The molecule has 0 radical (unpaired) electrons. The standard InChI is InChI=1S/C17H20N2O7/c1-25-15(22)10-5-6-12(16(23)26-2)13(8-10)18-17(24)19-7-3-4-11(9-19)14(20)21/h5-6,8,11H,3-4,7,9H2,1-2H3,(H,18,24)(H,20,21). The molecule has 26 heavy (non-hydrogen) atoms. The Labute approximate surface area is 149 Å². The predicted octanol–water partition coefficient (Wildman–Crippen LogP) is 1.59. The number of ether oxygens (including phenoxy) is 2. The molecule has 0 aliphatic carbocycles. The number of aliphatic carboxylic acids is 1. The smallest absolute Gasteiger partial charge is 0.339 e. The molecule has 2 amide bonds. The van der Waals surface area contributed by atoms with E-state index >= 15 is 0 Å². The van der Waals surface area contributed by atoms with E-state index in [0.29, 0.717) is 19.4 Å². The van der Waals surface area contributed by atoms with E-state index in [2.05, 4.69) is 14.8 Å². The van der Waals surface area contributed by atoms with Crippen LogP contribution in [0.15, 0.2) is 18.2 Å². The van der Waals surface area contributed by atoms with E-state index in [0.717, 1.165) is 0 Å². The number of nitrogens with one attached hydrogen (secondary N) is 1. The van der Waals surface area contributed by atoms with Gasteiger partial charge in [0.25, 0.3) is 0 Å². The van der Waals surface area contributed by atoms with Gasteiger partial charge >= 0.3 is 23.9 Å². The summed E-state index contributed by atoms with van der Waals surface area (Å²) in [6.45, 7) is 0.477. The van der Waals surface area contributed by atoms with Gasteiger partial charge in [0.15, 0.2) is 0 Å². The molecule has 1 unspecified atom stereocenters. The van der Waals surface area contributed by atoms with Gasteiger partial charge in [-0.05, 0) is 31.0 Å². The molecule has 9 heteroatoms. The van der Waals surface area contributed by atoms with Crippen molar-refractivity contribution in [2.45, 2.75) is 12.8 Å². The minimum absolute atomic E-state index is 0.0697. The van der Waals surface area contributed by atoms with Gasteiger partial charge in [-0.2, -0.15) is 0 Å². The Morgan fingerprint density at radius 1 is 1.15 bits per heavy atom. The summed E-state index contributed by atoms with van der Waals surface area (Å²) in [5, 5.41) is 11.7. The highest BCUT2D eigenvalue weighted by molar-refractivity contribution is 6.03. The minimum atomic E-state index is -0.953. The Bertz CT molecular complexity index is 732. The van der Waals surface area contributed by atoms with Crippen LogP contribution in [0.5, 0.6) is 0 Å². The molecule has 0 spiro atoms. The van der Waals surface area contributed by atoms with Crippen molar-refractivity contribution in [2.24, 2.45) is 5.92 Å². The Morgan fingerprint density at radius 2 is 1.85 bits per heavy atom. The predicted molar refractivity (Wildman–Crippen MR) is 90.1 cm³/mol. The van der Waals surface area contributed by atoms with Gasteiger partial charge in [-0.1, -0.05) is 0 Å². The number of likely N-dealkylation sites (tertiary alicyclic amines) is 1. The molecule has 0 aromatic heterocycles. The number of piperidine rings is 1. The van der Waals surface area contributed by atoms with Crippen LogP contribution in [0.2, 0.25) is 0 Å². The number of carbonyl (C=O) groups excluding carboxylic acids is 3. The first-order chi connectivity index (χ1) is 12.4. The highest BCUT2D eigenvalue weighted by Gasteiger charge is 2.29. The molecule has 1 aliphatic heterocycles. The maximum Gasteiger partial charge on any atom is 0.339 e. The van der Waals surface area contributed by atoms with Crippen molar-refractivity contribution in [3.8, 4) is 0 Å². The first kappa shape index (κ1) is 19.2. The third-order valence-corrected chi connectivity index (χ3v) is 4.15. The second-order valence-electron chi connectivity index (χ2n) is 5.80. The number of carboxylic acids is 1. The lowest BCUT2D eigenvalue weighted by Crippen LogP contribution is -2.44. The van der Waals surface area contributed by atoms with Gasteiger partial charge in [0, 0.05) is 13.1 Å². The van der Waals surface area contributed by atoms with Crippen molar-refractivity contribution < 1.29 is 33.8 Å². The first-order valence-corrected chi connectivity index (χ1v) is 7.96. The summed E-state index contributed by atoms with van der Waals surface area (Å²) in [6, 6.07) is 3.50.